The fourth-order valence-electron chi connectivity index (χ4n) is 2.79. The molecule has 0 fully saturated rings. The molecular weight excluding hydrogens is 308 g/mol. The molecule has 0 saturated heterocycles. The van der Waals surface area contributed by atoms with E-state index in [-0.39, 0.29) is 16.8 Å². The van der Waals surface area contributed by atoms with Gasteiger partial charge in [-0.25, -0.2) is 0 Å². The van der Waals surface area contributed by atoms with E-state index in [1.807, 2.05) is 6.07 Å². The second kappa shape index (κ2) is 9.40. The Balaban J connectivity index is 2.72. The van der Waals surface area contributed by atoms with Crippen LogP contribution in [-0.4, -0.2) is 5.97 Å². The summed E-state index contributed by atoms with van der Waals surface area (Å²) < 4.78 is 5.67. The number of carbonyl (C=O) groups excluding carboxylic acids is 1. The summed E-state index contributed by atoms with van der Waals surface area (Å²) in [6.45, 7) is 15.3. The van der Waals surface area contributed by atoms with Crippen LogP contribution in [0, 0.1) is 6.42 Å². The van der Waals surface area contributed by atoms with E-state index in [9.17, 15) is 4.79 Å². The van der Waals surface area contributed by atoms with Crippen molar-refractivity contribution in [3.63, 3.8) is 0 Å². The summed E-state index contributed by atoms with van der Waals surface area (Å²) in [5.41, 5.74) is 2.35. The van der Waals surface area contributed by atoms with E-state index in [2.05, 4.69) is 60.6 Å². The lowest BCUT2D eigenvalue weighted by Crippen LogP contribution is -2.19. The summed E-state index contributed by atoms with van der Waals surface area (Å²) >= 11 is 0. The third-order valence-electron chi connectivity index (χ3n) is 4.48. The molecule has 0 heterocycles. The predicted octanol–water partition coefficient (Wildman–Crippen LogP) is 6.75. The number of carbonyl (C=O) groups is 1. The first kappa shape index (κ1) is 21.7. The summed E-state index contributed by atoms with van der Waals surface area (Å²) in [5.74, 6) is 0.456. The summed E-state index contributed by atoms with van der Waals surface area (Å²) in [6.07, 6.45) is 8.51. The van der Waals surface area contributed by atoms with Gasteiger partial charge in [0.2, 0.25) is 0 Å². The van der Waals surface area contributed by atoms with Gasteiger partial charge < -0.3 is 4.74 Å². The highest BCUT2D eigenvalue weighted by molar-refractivity contribution is 5.81. The Hall–Kier alpha value is -1.31. The molecule has 0 aromatic heterocycles. The van der Waals surface area contributed by atoms with Crippen molar-refractivity contribution in [3.05, 3.63) is 35.7 Å². The van der Waals surface area contributed by atoms with Crippen molar-refractivity contribution in [2.45, 2.75) is 97.8 Å². The molecule has 0 bridgehead atoms. The lowest BCUT2D eigenvalue weighted by molar-refractivity contribution is -0.130. The SMILES string of the molecule is CCCCCCC[CH]C(=O)Oc1ccc(C(C)(C)C)cc1C(C)(C)C. The van der Waals surface area contributed by atoms with Crippen molar-refractivity contribution in [2.24, 2.45) is 0 Å². The maximum Gasteiger partial charge on any atom is 0.315 e. The normalized spacial score (nSPS) is 12.3. The van der Waals surface area contributed by atoms with Crippen LogP contribution in [0.15, 0.2) is 18.2 Å². The molecule has 0 saturated carbocycles. The van der Waals surface area contributed by atoms with E-state index in [0.717, 1.165) is 18.4 Å². The molecule has 0 N–H and O–H groups in total. The van der Waals surface area contributed by atoms with Gasteiger partial charge in [0.25, 0.3) is 0 Å². The van der Waals surface area contributed by atoms with E-state index in [0.29, 0.717) is 5.75 Å². The topological polar surface area (TPSA) is 26.3 Å². The maximum atomic E-state index is 12.2. The smallest absolute Gasteiger partial charge is 0.315 e. The second-order valence-electron chi connectivity index (χ2n) is 9.04. The Labute approximate surface area is 155 Å². The Morgan fingerprint density at radius 2 is 1.60 bits per heavy atom. The molecule has 0 spiro atoms. The summed E-state index contributed by atoms with van der Waals surface area (Å²) in [4.78, 5) is 12.2. The van der Waals surface area contributed by atoms with Crippen molar-refractivity contribution in [1.29, 1.82) is 0 Å². The van der Waals surface area contributed by atoms with E-state index < -0.39 is 0 Å². The fraction of sp³-hybridized carbons (Fsp3) is 0.652. The van der Waals surface area contributed by atoms with E-state index >= 15 is 0 Å². The van der Waals surface area contributed by atoms with Crippen LogP contribution in [0.25, 0.3) is 0 Å². The average molecular weight is 346 g/mol. The van der Waals surface area contributed by atoms with Crippen LogP contribution < -0.4 is 4.74 Å². The lowest BCUT2D eigenvalue weighted by atomic mass is 9.80. The second-order valence-corrected chi connectivity index (χ2v) is 9.04. The van der Waals surface area contributed by atoms with Gasteiger partial charge in [-0.1, -0.05) is 92.7 Å². The van der Waals surface area contributed by atoms with Crippen LogP contribution >= 0.6 is 0 Å². The van der Waals surface area contributed by atoms with Gasteiger partial charge in [-0.2, -0.15) is 0 Å². The van der Waals surface area contributed by atoms with Gasteiger partial charge in [-0.3, -0.25) is 4.79 Å². The molecule has 1 aromatic carbocycles. The van der Waals surface area contributed by atoms with Crippen molar-refractivity contribution in [2.75, 3.05) is 0 Å². The maximum absolute atomic E-state index is 12.2. The summed E-state index contributed by atoms with van der Waals surface area (Å²) in [7, 11) is 0. The molecule has 0 aliphatic rings. The van der Waals surface area contributed by atoms with E-state index in [1.165, 1.54) is 31.2 Å². The largest absolute Gasteiger partial charge is 0.426 e. The Morgan fingerprint density at radius 1 is 0.960 bits per heavy atom. The highest BCUT2D eigenvalue weighted by Crippen LogP contribution is 2.35. The zero-order valence-electron chi connectivity index (χ0n) is 17.4. The first-order valence-corrected chi connectivity index (χ1v) is 9.75. The molecule has 1 radical (unpaired) electrons. The van der Waals surface area contributed by atoms with E-state index in [4.69, 9.17) is 4.74 Å². The van der Waals surface area contributed by atoms with Crippen molar-refractivity contribution in [1.82, 2.24) is 0 Å². The minimum atomic E-state index is -0.232. The summed E-state index contributed by atoms with van der Waals surface area (Å²) in [5, 5.41) is 0. The molecule has 0 atom stereocenters. The Morgan fingerprint density at radius 3 is 2.16 bits per heavy atom. The summed E-state index contributed by atoms with van der Waals surface area (Å²) in [6, 6.07) is 6.21. The molecule has 2 heteroatoms. The highest BCUT2D eigenvalue weighted by Gasteiger charge is 2.24. The number of rotatable bonds is 8. The predicted molar refractivity (Wildman–Crippen MR) is 107 cm³/mol. The van der Waals surface area contributed by atoms with Gasteiger partial charge in [0.05, 0.1) is 6.42 Å². The molecule has 0 unspecified atom stereocenters. The number of unbranched alkanes of at least 4 members (excludes halogenated alkanes) is 5. The van der Waals surface area contributed by atoms with Crippen molar-refractivity contribution in [3.8, 4) is 5.75 Å². The van der Waals surface area contributed by atoms with Gasteiger partial charge >= 0.3 is 5.97 Å². The van der Waals surface area contributed by atoms with Crippen molar-refractivity contribution < 1.29 is 9.53 Å². The zero-order chi connectivity index (χ0) is 19.1. The fourth-order valence-corrected chi connectivity index (χ4v) is 2.79. The monoisotopic (exact) mass is 345 g/mol. The first-order valence-electron chi connectivity index (χ1n) is 9.75. The molecule has 141 valence electrons. The number of hydrogen-bond acceptors (Lipinski definition) is 2. The molecule has 1 rings (SSSR count). The third kappa shape index (κ3) is 7.63. The highest BCUT2D eigenvalue weighted by atomic mass is 16.5. The van der Waals surface area contributed by atoms with Gasteiger partial charge in [0, 0.05) is 5.56 Å². The Kier molecular flexibility index (Phi) is 8.18. The zero-order valence-corrected chi connectivity index (χ0v) is 17.4. The lowest BCUT2D eigenvalue weighted by Gasteiger charge is -2.26. The van der Waals surface area contributed by atoms with Crippen LogP contribution in [-0.2, 0) is 15.6 Å². The van der Waals surface area contributed by atoms with Crippen LogP contribution in [0.5, 0.6) is 5.75 Å². The van der Waals surface area contributed by atoms with Gasteiger partial charge in [-0.15, -0.1) is 0 Å². The van der Waals surface area contributed by atoms with Crippen LogP contribution in [0.2, 0.25) is 0 Å². The van der Waals surface area contributed by atoms with Crippen LogP contribution in [0.3, 0.4) is 0 Å². The number of hydrogen-bond donors (Lipinski definition) is 0. The van der Waals surface area contributed by atoms with Gasteiger partial charge in [0.1, 0.15) is 5.75 Å². The van der Waals surface area contributed by atoms with Gasteiger partial charge in [-0.05, 0) is 28.9 Å². The average Bonchev–Trinajstić information content (AvgIpc) is 2.49. The van der Waals surface area contributed by atoms with Crippen LogP contribution in [0.1, 0.15) is 98.1 Å². The number of ether oxygens (including phenoxy) is 1. The number of esters is 1. The van der Waals surface area contributed by atoms with Gasteiger partial charge in [0.15, 0.2) is 0 Å². The molecular formula is C23H37O2. The standard InChI is InChI=1S/C23H37O2/c1-8-9-10-11-12-13-14-21(24)25-20-16-15-18(22(2,3)4)17-19(20)23(5,6)7/h14-17H,8-13H2,1-7H3. The molecule has 2 nitrogen and oxygen atoms in total. The molecule has 0 aliphatic heterocycles. The quantitative estimate of drug-likeness (QED) is 0.296. The minimum Gasteiger partial charge on any atom is -0.426 e. The third-order valence-corrected chi connectivity index (χ3v) is 4.48. The van der Waals surface area contributed by atoms with Crippen molar-refractivity contribution >= 4 is 5.97 Å². The molecule has 1 aromatic rings. The minimum absolute atomic E-state index is 0.0724. The Bertz CT molecular complexity index is 544. The van der Waals surface area contributed by atoms with Crippen LogP contribution in [0.4, 0.5) is 0 Å². The molecule has 0 aliphatic carbocycles. The van der Waals surface area contributed by atoms with E-state index in [1.54, 1.807) is 6.42 Å². The molecule has 0 amide bonds. The molecule has 25 heavy (non-hydrogen) atoms. The first-order chi connectivity index (χ1) is 11.6. The number of benzene rings is 1.